The molecule has 0 aromatic heterocycles. The first-order valence-electron chi connectivity index (χ1n) is 7.35. The van der Waals surface area contributed by atoms with E-state index in [-0.39, 0.29) is 12.0 Å². The van der Waals surface area contributed by atoms with E-state index in [1.54, 1.807) is 0 Å². The molecule has 1 N–H and O–H groups in total. The molecular formula is C15H30N2O2. The Balaban J connectivity index is 2.61. The number of hydrogen-bond acceptors (Lipinski definition) is 4. The van der Waals surface area contributed by atoms with Crippen molar-refractivity contribution in [2.45, 2.75) is 64.6 Å². The molecular weight excluding hydrogens is 240 g/mol. The summed E-state index contributed by atoms with van der Waals surface area (Å²) in [6.07, 6.45) is 3.48. The SMILES string of the molecule is COC(=O)C(C)(CC(C)N(C)CC1CC1)NC(C)C. The lowest BCUT2D eigenvalue weighted by Crippen LogP contribution is -2.56. The van der Waals surface area contributed by atoms with Gasteiger partial charge in [0.2, 0.25) is 0 Å². The smallest absolute Gasteiger partial charge is 0.325 e. The summed E-state index contributed by atoms with van der Waals surface area (Å²) in [5, 5.41) is 3.36. The molecule has 4 heteroatoms. The van der Waals surface area contributed by atoms with Gasteiger partial charge in [0.1, 0.15) is 5.54 Å². The fraction of sp³-hybridized carbons (Fsp3) is 0.933. The Morgan fingerprint density at radius 2 is 2.00 bits per heavy atom. The van der Waals surface area contributed by atoms with Gasteiger partial charge in [-0.3, -0.25) is 10.1 Å². The number of hydrogen-bond donors (Lipinski definition) is 1. The van der Waals surface area contributed by atoms with Crippen molar-refractivity contribution in [1.82, 2.24) is 10.2 Å². The Labute approximate surface area is 117 Å². The van der Waals surface area contributed by atoms with Gasteiger partial charge in [0, 0.05) is 18.6 Å². The van der Waals surface area contributed by atoms with Gasteiger partial charge >= 0.3 is 5.97 Å². The zero-order chi connectivity index (χ0) is 14.6. The molecule has 0 amide bonds. The van der Waals surface area contributed by atoms with Crippen molar-refractivity contribution < 1.29 is 9.53 Å². The molecule has 4 nitrogen and oxygen atoms in total. The van der Waals surface area contributed by atoms with Gasteiger partial charge in [-0.05, 0) is 59.9 Å². The van der Waals surface area contributed by atoms with Crippen LogP contribution in [0.2, 0.25) is 0 Å². The van der Waals surface area contributed by atoms with Crippen molar-refractivity contribution in [3.63, 3.8) is 0 Å². The van der Waals surface area contributed by atoms with Crippen LogP contribution in [-0.2, 0) is 9.53 Å². The predicted molar refractivity (Wildman–Crippen MR) is 78.1 cm³/mol. The predicted octanol–water partition coefficient (Wildman–Crippen LogP) is 2.04. The number of rotatable bonds is 8. The Hall–Kier alpha value is -0.610. The zero-order valence-electron chi connectivity index (χ0n) is 13.3. The lowest BCUT2D eigenvalue weighted by molar-refractivity contribution is -0.149. The summed E-state index contributed by atoms with van der Waals surface area (Å²) in [7, 11) is 3.61. The highest BCUT2D eigenvalue weighted by Gasteiger charge is 2.37. The highest BCUT2D eigenvalue weighted by Crippen LogP contribution is 2.30. The van der Waals surface area contributed by atoms with Gasteiger partial charge in [-0.25, -0.2) is 0 Å². The summed E-state index contributed by atoms with van der Waals surface area (Å²) < 4.78 is 4.97. The molecule has 1 rings (SSSR count). The van der Waals surface area contributed by atoms with Crippen molar-refractivity contribution in [2.75, 3.05) is 20.7 Å². The minimum atomic E-state index is -0.611. The van der Waals surface area contributed by atoms with E-state index < -0.39 is 5.54 Å². The summed E-state index contributed by atoms with van der Waals surface area (Å²) >= 11 is 0. The second kappa shape index (κ2) is 6.71. The number of nitrogens with zero attached hydrogens (tertiary/aromatic N) is 1. The van der Waals surface area contributed by atoms with Crippen LogP contribution in [-0.4, -0.2) is 49.2 Å². The van der Waals surface area contributed by atoms with Crippen LogP contribution in [0.3, 0.4) is 0 Å². The average molecular weight is 270 g/mol. The molecule has 0 aliphatic heterocycles. The third-order valence-corrected chi connectivity index (χ3v) is 3.94. The number of esters is 1. The van der Waals surface area contributed by atoms with E-state index in [0.29, 0.717) is 6.04 Å². The number of nitrogens with one attached hydrogen (secondary N) is 1. The van der Waals surface area contributed by atoms with Crippen LogP contribution in [0.5, 0.6) is 0 Å². The first-order valence-corrected chi connectivity index (χ1v) is 7.35. The minimum absolute atomic E-state index is 0.173. The first-order chi connectivity index (χ1) is 8.78. The quantitative estimate of drug-likeness (QED) is 0.685. The Morgan fingerprint density at radius 3 is 2.42 bits per heavy atom. The molecule has 0 aromatic carbocycles. The Bertz CT molecular complexity index is 303. The number of methoxy groups -OCH3 is 1. The van der Waals surface area contributed by atoms with Crippen molar-refractivity contribution in [1.29, 1.82) is 0 Å². The van der Waals surface area contributed by atoms with E-state index in [0.717, 1.165) is 18.9 Å². The van der Waals surface area contributed by atoms with Crippen LogP contribution in [0.25, 0.3) is 0 Å². The fourth-order valence-corrected chi connectivity index (χ4v) is 2.70. The third-order valence-electron chi connectivity index (χ3n) is 3.94. The Morgan fingerprint density at radius 1 is 1.42 bits per heavy atom. The largest absolute Gasteiger partial charge is 0.468 e. The van der Waals surface area contributed by atoms with E-state index in [1.165, 1.54) is 20.0 Å². The van der Waals surface area contributed by atoms with Gasteiger partial charge in [-0.15, -0.1) is 0 Å². The van der Waals surface area contributed by atoms with Crippen LogP contribution in [0.15, 0.2) is 0 Å². The summed E-state index contributed by atoms with van der Waals surface area (Å²) in [6, 6.07) is 0.612. The number of carbonyl (C=O) groups excluding carboxylic acids is 1. The lowest BCUT2D eigenvalue weighted by atomic mass is 9.92. The molecule has 19 heavy (non-hydrogen) atoms. The molecule has 1 aliphatic rings. The monoisotopic (exact) mass is 270 g/mol. The van der Waals surface area contributed by atoms with Crippen LogP contribution >= 0.6 is 0 Å². The summed E-state index contributed by atoms with van der Waals surface area (Å²) in [5.41, 5.74) is -0.611. The molecule has 2 unspecified atom stereocenters. The Kier molecular flexibility index (Phi) is 5.81. The lowest BCUT2D eigenvalue weighted by Gasteiger charge is -2.35. The number of ether oxygens (including phenoxy) is 1. The van der Waals surface area contributed by atoms with E-state index in [1.807, 2.05) is 6.92 Å². The van der Waals surface area contributed by atoms with Crippen LogP contribution in [0, 0.1) is 5.92 Å². The van der Waals surface area contributed by atoms with E-state index >= 15 is 0 Å². The van der Waals surface area contributed by atoms with Gasteiger partial charge in [0.25, 0.3) is 0 Å². The zero-order valence-corrected chi connectivity index (χ0v) is 13.3. The van der Waals surface area contributed by atoms with E-state index in [9.17, 15) is 4.79 Å². The molecule has 112 valence electrons. The molecule has 0 heterocycles. The minimum Gasteiger partial charge on any atom is -0.468 e. The van der Waals surface area contributed by atoms with Crippen molar-refractivity contribution in [2.24, 2.45) is 5.92 Å². The second-order valence-electron chi connectivity index (χ2n) is 6.56. The summed E-state index contributed by atoms with van der Waals surface area (Å²) in [4.78, 5) is 14.4. The van der Waals surface area contributed by atoms with Crippen LogP contribution in [0.4, 0.5) is 0 Å². The third kappa shape index (κ3) is 5.11. The molecule has 1 saturated carbocycles. The topological polar surface area (TPSA) is 41.6 Å². The average Bonchev–Trinajstić information content (AvgIpc) is 3.10. The first kappa shape index (κ1) is 16.4. The van der Waals surface area contributed by atoms with Crippen LogP contribution in [0.1, 0.15) is 47.0 Å². The van der Waals surface area contributed by atoms with Crippen LogP contribution < -0.4 is 5.32 Å². The van der Waals surface area contributed by atoms with Gasteiger partial charge in [0.15, 0.2) is 0 Å². The van der Waals surface area contributed by atoms with Crippen molar-refractivity contribution >= 4 is 5.97 Å². The summed E-state index contributed by atoms with van der Waals surface area (Å²) in [5.74, 6) is 0.697. The van der Waals surface area contributed by atoms with Gasteiger partial charge < -0.3 is 9.64 Å². The molecule has 0 radical (unpaired) electrons. The maximum Gasteiger partial charge on any atom is 0.325 e. The molecule has 0 bridgehead atoms. The molecule has 0 spiro atoms. The molecule has 1 fully saturated rings. The highest BCUT2D eigenvalue weighted by atomic mass is 16.5. The fourth-order valence-electron chi connectivity index (χ4n) is 2.70. The van der Waals surface area contributed by atoms with Gasteiger partial charge in [-0.2, -0.15) is 0 Å². The van der Waals surface area contributed by atoms with Crippen molar-refractivity contribution in [3.8, 4) is 0 Å². The van der Waals surface area contributed by atoms with Crippen molar-refractivity contribution in [3.05, 3.63) is 0 Å². The maximum atomic E-state index is 12.1. The standard InChI is InChI=1S/C15H30N2O2/c1-11(2)16-15(4,14(18)19-6)9-12(3)17(5)10-13-7-8-13/h11-13,16H,7-10H2,1-6H3. The second-order valence-corrected chi connectivity index (χ2v) is 6.56. The molecule has 0 saturated heterocycles. The molecule has 2 atom stereocenters. The normalized spacial score (nSPS) is 20.4. The summed E-state index contributed by atoms with van der Waals surface area (Å²) in [6.45, 7) is 9.38. The van der Waals surface area contributed by atoms with Gasteiger partial charge in [-0.1, -0.05) is 0 Å². The van der Waals surface area contributed by atoms with E-state index in [4.69, 9.17) is 4.74 Å². The van der Waals surface area contributed by atoms with E-state index in [2.05, 4.69) is 38.0 Å². The highest BCUT2D eigenvalue weighted by molar-refractivity contribution is 5.80. The molecule has 1 aliphatic carbocycles. The van der Waals surface area contributed by atoms with Gasteiger partial charge in [0.05, 0.1) is 7.11 Å². The molecule has 0 aromatic rings. The number of carbonyl (C=O) groups is 1. The maximum absolute atomic E-state index is 12.1.